The zero-order valence-corrected chi connectivity index (χ0v) is 12.4. The van der Waals surface area contributed by atoms with E-state index in [1.54, 1.807) is 0 Å². The molecule has 0 spiro atoms. The third-order valence-corrected chi connectivity index (χ3v) is 4.48. The highest BCUT2D eigenvalue weighted by molar-refractivity contribution is 7.99. The number of hydrogen-bond acceptors (Lipinski definition) is 5. The van der Waals surface area contributed by atoms with Gasteiger partial charge in [-0.3, -0.25) is 4.79 Å². The fourth-order valence-corrected chi connectivity index (χ4v) is 3.28. The maximum absolute atomic E-state index is 11.7. The summed E-state index contributed by atoms with van der Waals surface area (Å²) < 4.78 is 1.22. The number of carbonyl (C=O) groups is 2. The largest absolute Gasteiger partial charge is 0.480 e. The number of aliphatic carboxylic acids is 1. The van der Waals surface area contributed by atoms with Gasteiger partial charge >= 0.3 is 12.0 Å². The van der Waals surface area contributed by atoms with Crippen LogP contribution in [-0.4, -0.2) is 49.6 Å². The van der Waals surface area contributed by atoms with Gasteiger partial charge in [0.05, 0.1) is 12.7 Å². The van der Waals surface area contributed by atoms with Crippen molar-refractivity contribution in [3.05, 3.63) is 11.9 Å². The molecule has 9 heteroatoms. The molecule has 1 aromatic rings. The molecule has 2 heterocycles. The molecule has 1 unspecified atom stereocenters. The molecule has 0 aliphatic carbocycles. The van der Waals surface area contributed by atoms with Crippen molar-refractivity contribution in [2.45, 2.75) is 37.6 Å². The summed E-state index contributed by atoms with van der Waals surface area (Å²) in [5, 5.41) is 22.1. The molecule has 21 heavy (non-hydrogen) atoms. The number of carboxylic acid groups (broad SMARTS) is 1. The predicted octanol–water partition coefficient (Wildman–Crippen LogP) is 0.448. The van der Waals surface area contributed by atoms with Gasteiger partial charge in [-0.05, 0) is 18.6 Å². The van der Waals surface area contributed by atoms with E-state index in [4.69, 9.17) is 5.11 Å². The summed E-state index contributed by atoms with van der Waals surface area (Å²) in [5.41, 5.74) is 0.526. The maximum atomic E-state index is 11.7. The molecule has 0 radical (unpaired) electrons. The van der Waals surface area contributed by atoms with Gasteiger partial charge in [0.25, 0.3) is 0 Å². The standard InChI is InChI=1S/C12H19N5O3S/c18-11(19)8-17-7-9(15-16-17)5-13-12(20)14-6-10-3-1-2-4-21-10/h7,10H,1-6,8H2,(H,18,19)(H2,13,14,20). The first-order valence-corrected chi connectivity index (χ1v) is 7.92. The van der Waals surface area contributed by atoms with Crippen molar-refractivity contribution in [2.24, 2.45) is 0 Å². The van der Waals surface area contributed by atoms with E-state index in [0.717, 1.165) is 6.42 Å². The van der Waals surface area contributed by atoms with E-state index < -0.39 is 5.97 Å². The fourth-order valence-electron chi connectivity index (χ4n) is 2.04. The Bertz CT molecular complexity index is 487. The molecule has 2 rings (SSSR count). The van der Waals surface area contributed by atoms with Crippen LogP contribution < -0.4 is 10.6 Å². The molecule has 1 fully saturated rings. The van der Waals surface area contributed by atoms with E-state index in [0.29, 0.717) is 17.5 Å². The number of rotatable bonds is 6. The maximum Gasteiger partial charge on any atom is 0.325 e. The molecule has 3 N–H and O–H groups in total. The van der Waals surface area contributed by atoms with Gasteiger partial charge in [0, 0.05) is 11.8 Å². The first-order valence-electron chi connectivity index (χ1n) is 6.87. The van der Waals surface area contributed by atoms with E-state index in [2.05, 4.69) is 20.9 Å². The van der Waals surface area contributed by atoms with Gasteiger partial charge in [-0.15, -0.1) is 5.10 Å². The van der Waals surface area contributed by atoms with Gasteiger partial charge in [0.2, 0.25) is 0 Å². The van der Waals surface area contributed by atoms with Crippen LogP contribution in [0.5, 0.6) is 0 Å². The van der Waals surface area contributed by atoms with E-state index in [9.17, 15) is 9.59 Å². The molecule has 0 aromatic carbocycles. The number of carbonyl (C=O) groups excluding carboxylic acids is 1. The Balaban J connectivity index is 1.66. The van der Waals surface area contributed by atoms with Crippen molar-refractivity contribution in [3.8, 4) is 0 Å². The Morgan fingerprint density at radius 3 is 3.00 bits per heavy atom. The van der Waals surface area contributed by atoms with Gasteiger partial charge in [-0.1, -0.05) is 11.6 Å². The number of amides is 2. The van der Waals surface area contributed by atoms with E-state index in [1.807, 2.05) is 11.8 Å². The molecular weight excluding hydrogens is 294 g/mol. The number of urea groups is 1. The number of thioether (sulfide) groups is 1. The number of aromatic nitrogens is 3. The fraction of sp³-hybridized carbons (Fsp3) is 0.667. The molecule has 1 saturated heterocycles. The van der Waals surface area contributed by atoms with Crippen LogP contribution in [0.1, 0.15) is 25.0 Å². The second-order valence-corrected chi connectivity index (χ2v) is 6.26. The summed E-state index contributed by atoms with van der Waals surface area (Å²) in [7, 11) is 0. The highest BCUT2D eigenvalue weighted by atomic mass is 32.2. The van der Waals surface area contributed by atoms with Crippen molar-refractivity contribution in [3.63, 3.8) is 0 Å². The molecule has 0 bridgehead atoms. The molecule has 116 valence electrons. The molecular formula is C12H19N5O3S. The minimum absolute atomic E-state index is 0.225. The smallest absolute Gasteiger partial charge is 0.325 e. The Morgan fingerprint density at radius 2 is 2.29 bits per heavy atom. The quantitative estimate of drug-likeness (QED) is 0.703. The van der Waals surface area contributed by atoms with Gasteiger partial charge in [0.15, 0.2) is 0 Å². The molecule has 1 aliphatic rings. The minimum atomic E-state index is -0.984. The van der Waals surface area contributed by atoms with Gasteiger partial charge < -0.3 is 15.7 Å². The monoisotopic (exact) mass is 313 g/mol. The van der Waals surface area contributed by atoms with Gasteiger partial charge in [-0.2, -0.15) is 11.8 Å². The summed E-state index contributed by atoms with van der Waals surface area (Å²) >= 11 is 1.90. The first-order chi connectivity index (χ1) is 10.1. The Hall–Kier alpha value is -1.77. The van der Waals surface area contributed by atoms with Gasteiger partial charge in [0.1, 0.15) is 12.2 Å². The topological polar surface area (TPSA) is 109 Å². The average Bonchev–Trinajstić information content (AvgIpc) is 2.91. The number of nitrogens with zero attached hydrogens (tertiary/aromatic N) is 3. The Morgan fingerprint density at radius 1 is 1.43 bits per heavy atom. The van der Waals surface area contributed by atoms with Crippen LogP contribution in [0.3, 0.4) is 0 Å². The first kappa shape index (κ1) is 15.6. The molecule has 8 nitrogen and oxygen atoms in total. The zero-order chi connectivity index (χ0) is 15.1. The second-order valence-electron chi connectivity index (χ2n) is 4.85. The van der Waals surface area contributed by atoms with Crippen LogP contribution in [-0.2, 0) is 17.9 Å². The summed E-state index contributed by atoms with van der Waals surface area (Å²) in [4.78, 5) is 22.2. The Kier molecular flexibility index (Phi) is 5.85. The normalized spacial score (nSPS) is 18.2. The van der Waals surface area contributed by atoms with Crippen LogP contribution in [0.2, 0.25) is 0 Å². The van der Waals surface area contributed by atoms with Crippen molar-refractivity contribution >= 4 is 23.8 Å². The van der Waals surface area contributed by atoms with Crippen LogP contribution in [0.4, 0.5) is 4.79 Å². The van der Waals surface area contributed by atoms with Crippen LogP contribution in [0.15, 0.2) is 6.20 Å². The SMILES string of the molecule is O=C(O)Cn1cc(CNC(=O)NCC2CCCCS2)nn1. The van der Waals surface area contributed by atoms with Crippen LogP contribution >= 0.6 is 11.8 Å². The molecule has 0 saturated carbocycles. The van der Waals surface area contributed by atoms with Crippen molar-refractivity contribution in [2.75, 3.05) is 12.3 Å². The lowest BCUT2D eigenvalue weighted by Gasteiger charge is -2.21. The van der Waals surface area contributed by atoms with Crippen molar-refractivity contribution in [1.29, 1.82) is 0 Å². The number of hydrogen-bond donors (Lipinski definition) is 3. The Labute approximate surface area is 126 Å². The highest BCUT2D eigenvalue weighted by Crippen LogP contribution is 2.24. The van der Waals surface area contributed by atoms with Crippen molar-refractivity contribution in [1.82, 2.24) is 25.6 Å². The zero-order valence-electron chi connectivity index (χ0n) is 11.6. The lowest BCUT2D eigenvalue weighted by Crippen LogP contribution is -2.39. The van der Waals surface area contributed by atoms with Gasteiger partial charge in [-0.25, -0.2) is 9.48 Å². The third kappa shape index (κ3) is 5.62. The van der Waals surface area contributed by atoms with E-state index >= 15 is 0 Å². The van der Waals surface area contributed by atoms with Crippen LogP contribution in [0, 0.1) is 0 Å². The highest BCUT2D eigenvalue weighted by Gasteiger charge is 2.14. The predicted molar refractivity (Wildman–Crippen MR) is 78.0 cm³/mol. The summed E-state index contributed by atoms with van der Waals surface area (Å²) in [5.74, 6) is 0.183. The van der Waals surface area contributed by atoms with Crippen LogP contribution in [0.25, 0.3) is 0 Å². The summed E-state index contributed by atoms with van der Waals surface area (Å²) in [6, 6.07) is -0.242. The van der Waals surface area contributed by atoms with E-state index in [1.165, 1.54) is 29.5 Å². The average molecular weight is 313 g/mol. The number of carboxylic acids is 1. The summed E-state index contributed by atoms with van der Waals surface area (Å²) in [6.07, 6.45) is 5.15. The molecule has 2 amide bonds. The summed E-state index contributed by atoms with van der Waals surface area (Å²) in [6.45, 7) is 0.656. The lowest BCUT2D eigenvalue weighted by molar-refractivity contribution is -0.137. The molecule has 1 atom stereocenters. The molecule has 1 aliphatic heterocycles. The van der Waals surface area contributed by atoms with E-state index in [-0.39, 0.29) is 19.1 Å². The molecule has 1 aromatic heterocycles. The number of nitrogens with one attached hydrogen (secondary N) is 2. The second kappa shape index (κ2) is 7.87. The lowest BCUT2D eigenvalue weighted by atomic mass is 10.2. The third-order valence-electron chi connectivity index (χ3n) is 3.08. The minimum Gasteiger partial charge on any atom is -0.480 e. The van der Waals surface area contributed by atoms with Crippen molar-refractivity contribution < 1.29 is 14.7 Å².